The smallest absolute Gasteiger partial charge is 0.255 e. The lowest BCUT2D eigenvalue weighted by Crippen LogP contribution is -2.12. The van der Waals surface area contributed by atoms with Gasteiger partial charge < -0.3 is 15.2 Å². The number of anilines is 1. The van der Waals surface area contributed by atoms with Crippen LogP contribution in [0.2, 0.25) is 0 Å². The van der Waals surface area contributed by atoms with Crippen molar-refractivity contribution in [2.75, 3.05) is 12.4 Å². The number of aromatic hydroxyl groups is 1. The van der Waals surface area contributed by atoms with Gasteiger partial charge in [0, 0.05) is 22.7 Å². The first-order valence-electron chi connectivity index (χ1n) is 10.2. The Balaban J connectivity index is 1.71. The zero-order valence-electron chi connectivity index (χ0n) is 18.1. The van der Waals surface area contributed by atoms with Gasteiger partial charge in [0.15, 0.2) is 12.0 Å². The molecule has 0 heterocycles. The highest BCUT2D eigenvalue weighted by atomic mass is 16.5. The topological polar surface area (TPSA) is 100 Å². The number of benzene rings is 4. The Labute approximate surface area is 190 Å². The van der Waals surface area contributed by atoms with Crippen LogP contribution in [-0.4, -0.2) is 24.4 Å². The molecule has 33 heavy (non-hydrogen) atoms. The molecule has 0 unspecified atom stereocenters. The van der Waals surface area contributed by atoms with E-state index in [9.17, 15) is 14.7 Å². The van der Waals surface area contributed by atoms with E-state index in [1.54, 1.807) is 48.5 Å². The minimum Gasteiger partial charge on any atom is -0.505 e. The number of amides is 1. The lowest BCUT2D eigenvalue weighted by Gasteiger charge is -2.12. The highest BCUT2D eigenvalue weighted by molar-refractivity contribution is 6.05. The number of fused-ring (bicyclic) bond motifs is 1. The average molecular weight is 439 g/mol. The molecule has 0 aromatic heterocycles. The van der Waals surface area contributed by atoms with Crippen LogP contribution < -0.4 is 10.1 Å². The average Bonchev–Trinajstić information content (AvgIpc) is 2.85. The van der Waals surface area contributed by atoms with E-state index in [2.05, 4.69) is 15.5 Å². The number of rotatable bonds is 6. The molecular weight excluding hydrogens is 418 g/mol. The molecule has 4 aromatic carbocycles. The summed E-state index contributed by atoms with van der Waals surface area (Å²) in [4.78, 5) is 23.9. The Morgan fingerprint density at radius 1 is 1.00 bits per heavy atom. The van der Waals surface area contributed by atoms with Gasteiger partial charge in [-0.05, 0) is 42.1 Å². The first kappa shape index (κ1) is 21.7. The summed E-state index contributed by atoms with van der Waals surface area (Å²) < 4.78 is 5.46. The van der Waals surface area contributed by atoms with Crippen LogP contribution in [0, 0.1) is 6.92 Å². The predicted molar refractivity (Wildman–Crippen MR) is 127 cm³/mol. The van der Waals surface area contributed by atoms with Crippen molar-refractivity contribution >= 4 is 40.0 Å². The molecule has 164 valence electrons. The number of hydrogen-bond acceptors (Lipinski definition) is 6. The highest BCUT2D eigenvalue weighted by Gasteiger charge is 2.14. The fourth-order valence-electron chi connectivity index (χ4n) is 3.47. The quantitative estimate of drug-likeness (QED) is 0.270. The Morgan fingerprint density at radius 2 is 1.73 bits per heavy atom. The second-order valence-corrected chi connectivity index (χ2v) is 7.36. The van der Waals surface area contributed by atoms with Crippen molar-refractivity contribution in [2.24, 2.45) is 10.2 Å². The second kappa shape index (κ2) is 9.32. The summed E-state index contributed by atoms with van der Waals surface area (Å²) in [7, 11) is 1.49. The van der Waals surface area contributed by atoms with Crippen molar-refractivity contribution in [2.45, 2.75) is 6.92 Å². The summed E-state index contributed by atoms with van der Waals surface area (Å²) in [6.45, 7) is 1.83. The summed E-state index contributed by atoms with van der Waals surface area (Å²) >= 11 is 0. The number of aldehydes is 1. The molecule has 0 spiro atoms. The van der Waals surface area contributed by atoms with Crippen molar-refractivity contribution in [1.82, 2.24) is 0 Å². The van der Waals surface area contributed by atoms with Gasteiger partial charge in [0.05, 0.1) is 12.7 Å². The molecular formula is C26H21N3O4. The van der Waals surface area contributed by atoms with Gasteiger partial charge in [0.2, 0.25) is 0 Å². The minimum absolute atomic E-state index is 0.129. The van der Waals surface area contributed by atoms with Crippen LogP contribution in [0.25, 0.3) is 10.8 Å². The summed E-state index contributed by atoms with van der Waals surface area (Å²) in [5.41, 5.74) is 2.60. The normalized spacial score (nSPS) is 11.0. The van der Waals surface area contributed by atoms with E-state index in [4.69, 9.17) is 4.74 Å². The fraction of sp³-hybridized carbons (Fsp3) is 0.0769. The molecule has 0 fully saturated rings. The number of ether oxygens (including phenoxy) is 1. The van der Waals surface area contributed by atoms with Crippen molar-refractivity contribution in [3.05, 3.63) is 89.5 Å². The Bertz CT molecular complexity index is 1380. The van der Waals surface area contributed by atoms with E-state index in [1.165, 1.54) is 7.11 Å². The van der Waals surface area contributed by atoms with E-state index in [0.717, 1.165) is 10.9 Å². The molecule has 7 nitrogen and oxygen atoms in total. The molecule has 1 amide bonds. The zero-order valence-corrected chi connectivity index (χ0v) is 18.1. The molecule has 0 bridgehead atoms. The van der Waals surface area contributed by atoms with Crippen LogP contribution in [0.3, 0.4) is 0 Å². The zero-order chi connectivity index (χ0) is 23.4. The van der Waals surface area contributed by atoms with E-state index in [0.29, 0.717) is 34.4 Å². The molecule has 0 aliphatic heterocycles. The van der Waals surface area contributed by atoms with Crippen LogP contribution in [-0.2, 0) is 0 Å². The number of carbonyl (C=O) groups is 2. The van der Waals surface area contributed by atoms with Crippen molar-refractivity contribution in [1.29, 1.82) is 0 Å². The first-order valence-corrected chi connectivity index (χ1v) is 10.2. The van der Waals surface area contributed by atoms with Crippen LogP contribution in [0.1, 0.15) is 26.3 Å². The SMILES string of the molecule is COc1cc(NC(=O)c2ccccc2)c(C)cc1N=Nc1c(O)c(C=O)cc2ccccc12. The predicted octanol–water partition coefficient (Wildman–Crippen LogP) is 6.34. The van der Waals surface area contributed by atoms with Gasteiger partial charge in [-0.1, -0.05) is 42.5 Å². The highest BCUT2D eigenvalue weighted by Crippen LogP contribution is 2.40. The van der Waals surface area contributed by atoms with E-state index >= 15 is 0 Å². The number of hydrogen-bond donors (Lipinski definition) is 2. The molecule has 0 radical (unpaired) electrons. The number of azo groups is 1. The van der Waals surface area contributed by atoms with Gasteiger partial charge in [-0.2, -0.15) is 0 Å². The third kappa shape index (κ3) is 4.43. The van der Waals surface area contributed by atoms with Crippen molar-refractivity contribution in [3.8, 4) is 11.5 Å². The fourth-order valence-corrected chi connectivity index (χ4v) is 3.47. The van der Waals surface area contributed by atoms with Gasteiger partial charge in [-0.15, -0.1) is 10.2 Å². The standard InChI is InChI=1S/C26H21N3O4/c1-16-12-22(23(33-2)14-21(16)27-26(32)17-8-4-3-5-9-17)28-29-24-20-11-7-6-10-18(20)13-19(15-30)25(24)31/h3-15,31H,1-2H3,(H,27,32). The number of nitrogens with zero attached hydrogens (tertiary/aromatic N) is 2. The maximum atomic E-state index is 12.5. The molecule has 0 atom stereocenters. The number of nitrogens with one attached hydrogen (secondary N) is 1. The third-order valence-electron chi connectivity index (χ3n) is 5.22. The number of phenolic OH excluding ortho intramolecular Hbond substituents is 1. The number of aryl methyl sites for hydroxylation is 1. The van der Waals surface area contributed by atoms with E-state index in [-0.39, 0.29) is 22.9 Å². The third-order valence-corrected chi connectivity index (χ3v) is 5.22. The number of methoxy groups -OCH3 is 1. The largest absolute Gasteiger partial charge is 0.505 e. The monoisotopic (exact) mass is 439 g/mol. The molecule has 2 N–H and O–H groups in total. The molecule has 0 saturated carbocycles. The lowest BCUT2D eigenvalue weighted by atomic mass is 10.0. The molecule has 7 heteroatoms. The lowest BCUT2D eigenvalue weighted by molar-refractivity contribution is 0.102. The Hall–Kier alpha value is -4.52. The van der Waals surface area contributed by atoms with Gasteiger partial charge in [0.1, 0.15) is 17.1 Å². The Kier molecular flexibility index (Phi) is 6.13. The van der Waals surface area contributed by atoms with Crippen LogP contribution in [0.4, 0.5) is 17.1 Å². The van der Waals surface area contributed by atoms with Gasteiger partial charge in [-0.3, -0.25) is 9.59 Å². The molecule has 4 aromatic rings. The molecule has 4 rings (SSSR count). The summed E-state index contributed by atoms with van der Waals surface area (Å²) in [6.07, 6.45) is 0.579. The van der Waals surface area contributed by atoms with Crippen LogP contribution in [0.5, 0.6) is 11.5 Å². The van der Waals surface area contributed by atoms with Crippen molar-refractivity contribution < 1.29 is 19.4 Å². The van der Waals surface area contributed by atoms with Gasteiger partial charge in [-0.25, -0.2) is 0 Å². The van der Waals surface area contributed by atoms with Gasteiger partial charge >= 0.3 is 0 Å². The van der Waals surface area contributed by atoms with Crippen molar-refractivity contribution in [3.63, 3.8) is 0 Å². The van der Waals surface area contributed by atoms with Gasteiger partial charge in [0.25, 0.3) is 5.91 Å². The summed E-state index contributed by atoms with van der Waals surface area (Å²) in [5, 5.41) is 23.4. The molecule has 0 saturated heterocycles. The molecule has 0 aliphatic rings. The van der Waals surface area contributed by atoms with Crippen LogP contribution in [0.15, 0.2) is 83.0 Å². The summed E-state index contributed by atoms with van der Waals surface area (Å²) in [6, 6.07) is 21.2. The van der Waals surface area contributed by atoms with Crippen LogP contribution >= 0.6 is 0 Å². The molecule has 0 aliphatic carbocycles. The second-order valence-electron chi connectivity index (χ2n) is 7.36. The Morgan fingerprint density at radius 3 is 2.45 bits per heavy atom. The maximum Gasteiger partial charge on any atom is 0.255 e. The summed E-state index contributed by atoms with van der Waals surface area (Å²) in [5.74, 6) is -0.0878. The first-order chi connectivity index (χ1) is 16.0. The number of phenols is 1. The minimum atomic E-state index is -0.241. The van der Waals surface area contributed by atoms with E-state index < -0.39 is 0 Å². The number of carbonyl (C=O) groups excluding carboxylic acids is 2. The van der Waals surface area contributed by atoms with E-state index in [1.807, 2.05) is 31.2 Å². The maximum absolute atomic E-state index is 12.5.